The van der Waals surface area contributed by atoms with Gasteiger partial charge < -0.3 is 14.2 Å². The van der Waals surface area contributed by atoms with Crippen molar-refractivity contribution in [1.29, 1.82) is 0 Å². The van der Waals surface area contributed by atoms with Gasteiger partial charge in [-0.05, 0) is 6.42 Å². The highest BCUT2D eigenvalue weighted by Gasteiger charge is 2.26. The van der Waals surface area contributed by atoms with Gasteiger partial charge in [0.2, 0.25) is 0 Å². The van der Waals surface area contributed by atoms with Crippen molar-refractivity contribution in [3.05, 3.63) is 0 Å². The van der Waals surface area contributed by atoms with E-state index in [-0.39, 0.29) is 13.2 Å². The van der Waals surface area contributed by atoms with Crippen molar-refractivity contribution in [2.45, 2.75) is 18.7 Å². The van der Waals surface area contributed by atoms with Crippen molar-refractivity contribution in [2.75, 3.05) is 26.9 Å². The predicted molar refractivity (Wildman–Crippen MR) is 42.1 cm³/mol. The third kappa shape index (κ3) is 3.28. The number of ether oxygens (including phenoxy) is 3. The van der Waals surface area contributed by atoms with E-state index >= 15 is 0 Å². The normalized spacial score (nSPS) is 28.5. The van der Waals surface area contributed by atoms with Crippen LogP contribution in [-0.2, 0) is 19.0 Å². The van der Waals surface area contributed by atoms with E-state index in [1.54, 1.807) is 0 Å². The molecule has 1 aliphatic heterocycles. The fraction of sp³-hybridized carbons (Fsp3) is 0.875. The molecule has 1 saturated heterocycles. The van der Waals surface area contributed by atoms with Gasteiger partial charge in [0.15, 0.2) is 0 Å². The first-order valence-electron chi connectivity index (χ1n) is 4.14. The van der Waals surface area contributed by atoms with Crippen LogP contribution in [0.1, 0.15) is 6.42 Å². The van der Waals surface area contributed by atoms with Crippen LogP contribution in [-0.4, -0.2) is 45.2 Å². The average molecular weight is 192 g/mol. The average Bonchev–Trinajstić information content (AvgIpc) is 2.16. The Hall–Kier alpha value is -0.680. The number of rotatable bonds is 3. The number of esters is 1. The van der Waals surface area contributed by atoms with E-state index in [1.165, 1.54) is 7.11 Å². The third-order valence-corrected chi connectivity index (χ3v) is 1.87. The highest BCUT2D eigenvalue weighted by Crippen LogP contribution is 2.14. The second-order valence-corrected chi connectivity index (χ2v) is 2.81. The minimum atomic E-state index is -1.14. The molecule has 0 aromatic carbocycles. The summed E-state index contributed by atoms with van der Waals surface area (Å²) in [5, 5.41) is 0. The summed E-state index contributed by atoms with van der Waals surface area (Å²) in [6.45, 7) is 0.333. The lowest BCUT2D eigenvalue weighted by Crippen LogP contribution is -2.36. The SMILES string of the molecule is COC(=O)CO[C@H]1CCOC[C@H]1F. The van der Waals surface area contributed by atoms with Crippen molar-refractivity contribution in [3.8, 4) is 0 Å². The summed E-state index contributed by atoms with van der Waals surface area (Å²) in [5.74, 6) is -0.487. The molecular weight excluding hydrogens is 179 g/mol. The zero-order valence-electron chi connectivity index (χ0n) is 7.49. The van der Waals surface area contributed by atoms with Crippen LogP contribution in [0.4, 0.5) is 4.39 Å². The van der Waals surface area contributed by atoms with Crippen LogP contribution in [0.3, 0.4) is 0 Å². The maximum Gasteiger partial charge on any atom is 0.331 e. The Bertz CT molecular complexity index is 174. The summed E-state index contributed by atoms with van der Waals surface area (Å²) in [6.07, 6.45) is -1.19. The molecule has 13 heavy (non-hydrogen) atoms. The number of methoxy groups -OCH3 is 1. The first-order valence-corrected chi connectivity index (χ1v) is 4.14. The molecule has 0 aromatic heterocycles. The van der Waals surface area contributed by atoms with Gasteiger partial charge >= 0.3 is 5.97 Å². The maximum absolute atomic E-state index is 13.0. The molecule has 1 fully saturated rings. The number of halogens is 1. The molecule has 0 aromatic rings. The molecule has 0 spiro atoms. The fourth-order valence-corrected chi connectivity index (χ4v) is 1.11. The molecule has 4 nitrogen and oxygen atoms in total. The van der Waals surface area contributed by atoms with E-state index < -0.39 is 18.2 Å². The Morgan fingerprint density at radius 3 is 3.08 bits per heavy atom. The van der Waals surface area contributed by atoms with E-state index in [0.717, 1.165) is 0 Å². The molecule has 1 rings (SSSR count). The molecule has 0 amide bonds. The molecule has 0 saturated carbocycles. The lowest BCUT2D eigenvalue weighted by atomic mass is 10.1. The predicted octanol–water partition coefficient (Wildman–Crippen LogP) is 0.303. The van der Waals surface area contributed by atoms with Gasteiger partial charge in [-0.15, -0.1) is 0 Å². The zero-order valence-corrected chi connectivity index (χ0v) is 7.49. The summed E-state index contributed by atoms with van der Waals surface area (Å²) in [7, 11) is 1.27. The first kappa shape index (κ1) is 10.4. The zero-order chi connectivity index (χ0) is 9.68. The van der Waals surface area contributed by atoms with E-state index in [9.17, 15) is 9.18 Å². The number of alkyl halides is 1. The lowest BCUT2D eigenvalue weighted by molar-refractivity contribution is -0.153. The molecular formula is C8H13FO4. The summed E-state index contributed by atoms with van der Waals surface area (Å²) >= 11 is 0. The smallest absolute Gasteiger partial charge is 0.331 e. The molecule has 76 valence electrons. The highest BCUT2D eigenvalue weighted by atomic mass is 19.1. The second-order valence-electron chi connectivity index (χ2n) is 2.81. The molecule has 1 heterocycles. The third-order valence-electron chi connectivity index (χ3n) is 1.87. The molecule has 5 heteroatoms. The molecule has 0 N–H and O–H groups in total. The maximum atomic E-state index is 13.0. The van der Waals surface area contributed by atoms with Gasteiger partial charge in [-0.3, -0.25) is 0 Å². The Balaban J connectivity index is 2.22. The Kier molecular flexibility index (Phi) is 4.11. The number of hydrogen-bond donors (Lipinski definition) is 0. The molecule has 0 radical (unpaired) electrons. The lowest BCUT2D eigenvalue weighted by Gasteiger charge is -2.25. The van der Waals surface area contributed by atoms with Gasteiger partial charge in [0.25, 0.3) is 0 Å². The van der Waals surface area contributed by atoms with Crippen molar-refractivity contribution in [2.24, 2.45) is 0 Å². The summed E-state index contributed by atoms with van der Waals surface area (Å²) in [6, 6.07) is 0. The largest absolute Gasteiger partial charge is 0.467 e. The van der Waals surface area contributed by atoms with Crippen LogP contribution in [0.2, 0.25) is 0 Å². The van der Waals surface area contributed by atoms with Gasteiger partial charge in [-0.2, -0.15) is 0 Å². The van der Waals surface area contributed by atoms with Crippen LogP contribution >= 0.6 is 0 Å². The summed E-state index contributed by atoms with van der Waals surface area (Å²) in [5.41, 5.74) is 0. The number of carbonyl (C=O) groups excluding carboxylic acids is 1. The Labute approximate surface area is 76.0 Å². The van der Waals surface area contributed by atoms with Gasteiger partial charge in [0.1, 0.15) is 12.8 Å². The number of hydrogen-bond acceptors (Lipinski definition) is 4. The van der Waals surface area contributed by atoms with Crippen molar-refractivity contribution in [3.63, 3.8) is 0 Å². The van der Waals surface area contributed by atoms with Crippen molar-refractivity contribution >= 4 is 5.97 Å². The van der Waals surface area contributed by atoms with Gasteiger partial charge in [-0.25, -0.2) is 9.18 Å². The van der Waals surface area contributed by atoms with Gasteiger partial charge in [0.05, 0.1) is 19.8 Å². The van der Waals surface area contributed by atoms with Gasteiger partial charge in [0, 0.05) is 6.61 Å². The van der Waals surface area contributed by atoms with E-state index in [1.807, 2.05) is 0 Å². The Morgan fingerprint density at radius 2 is 2.46 bits per heavy atom. The molecule has 0 bridgehead atoms. The van der Waals surface area contributed by atoms with Crippen LogP contribution in [0.25, 0.3) is 0 Å². The van der Waals surface area contributed by atoms with Crippen LogP contribution in [0.15, 0.2) is 0 Å². The molecule has 1 aliphatic rings. The van der Waals surface area contributed by atoms with Crippen molar-refractivity contribution < 1.29 is 23.4 Å². The monoisotopic (exact) mass is 192 g/mol. The number of carbonyl (C=O) groups is 1. The standard InChI is InChI=1S/C8H13FO4/c1-11-8(10)5-13-7-2-3-12-4-6(7)9/h6-7H,2-5H2,1H3/t6-,7+/m1/s1. The van der Waals surface area contributed by atoms with Crippen molar-refractivity contribution in [1.82, 2.24) is 0 Å². The minimum Gasteiger partial charge on any atom is -0.467 e. The van der Waals surface area contributed by atoms with Gasteiger partial charge in [-0.1, -0.05) is 0 Å². The van der Waals surface area contributed by atoms with Crippen LogP contribution < -0.4 is 0 Å². The molecule has 0 unspecified atom stereocenters. The highest BCUT2D eigenvalue weighted by molar-refractivity contribution is 5.70. The van der Waals surface area contributed by atoms with E-state index in [4.69, 9.17) is 9.47 Å². The topological polar surface area (TPSA) is 44.8 Å². The van der Waals surface area contributed by atoms with E-state index in [2.05, 4.69) is 4.74 Å². The Morgan fingerprint density at radius 1 is 1.69 bits per heavy atom. The fourth-order valence-electron chi connectivity index (χ4n) is 1.11. The van der Waals surface area contributed by atoms with Crippen LogP contribution in [0, 0.1) is 0 Å². The second kappa shape index (κ2) is 5.14. The summed E-state index contributed by atoms with van der Waals surface area (Å²) in [4.78, 5) is 10.7. The van der Waals surface area contributed by atoms with E-state index in [0.29, 0.717) is 13.0 Å². The minimum absolute atomic E-state index is 0.0475. The quantitative estimate of drug-likeness (QED) is 0.603. The van der Waals surface area contributed by atoms with Crippen LogP contribution in [0.5, 0.6) is 0 Å². The summed E-state index contributed by atoms with van der Waals surface area (Å²) < 4.78 is 27.3. The molecule has 2 atom stereocenters. The molecule has 0 aliphatic carbocycles. The first-order chi connectivity index (χ1) is 6.24.